The molecule has 1 aliphatic rings. The molecule has 38 heavy (non-hydrogen) atoms. The fraction of sp³-hybridized carbons (Fsp3) is 0.276. The Morgan fingerprint density at radius 3 is 2.50 bits per heavy atom. The van der Waals surface area contributed by atoms with E-state index in [0.717, 1.165) is 16.7 Å². The van der Waals surface area contributed by atoms with Crippen LogP contribution in [-0.4, -0.2) is 42.4 Å². The highest BCUT2D eigenvalue weighted by atomic mass is 35.5. The molecule has 3 heterocycles. The number of pyridine rings is 1. The van der Waals surface area contributed by atoms with Crippen molar-refractivity contribution in [3.8, 4) is 11.3 Å². The lowest BCUT2D eigenvalue weighted by Gasteiger charge is -2.29. The van der Waals surface area contributed by atoms with Gasteiger partial charge in [0, 0.05) is 24.2 Å². The second-order valence-electron chi connectivity index (χ2n) is 9.47. The maximum absolute atomic E-state index is 13.4. The van der Waals surface area contributed by atoms with Gasteiger partial charge in [0.25, 0.3) is 0 Å². The van der Waals surface area contributed by atoms with Gasteiger partial charge in [-0.25, -0.2) is 9.78 Å². The number of halogens is 1. The quantitative estimate of drug-likeness (QED) is 0.298. The van der Waals surface area contributed by atoms with E-state index in [2.05, 4.69) is 15.2 Å². The average molecular weight is 534 g/mol. The Hall–Kier alpha value is -3.88. The number of nitrogens with one attached hydrogen (secondary N) is 1. The first kappa shape index (κ1) is 25.8. The van der Waals surface area contributed by atoms with Crippen LogP contribution >= 0.6 is 11.6 Å². The Morgan fingerprint density at radius 1 is 1.11 bits per heavy atom. The fourth-order valence-electron chi connectivity index (χ4n) is 4.80. The third-order valence-corrected chi connectivity index (χ3v) is 6.98. The topological polar surface area (TPSA) is 105 Å². The van der Waals surface area contributed by atoms with Crippen LogP contribution < -0.4 is 15.6 Å². The number of benzene rings is 2. The standard InChI is InChI=1S/C29H28ClN3O5/c1-16-14-21(27-22(15-16)26(34)17(2)28(38-27)33-10-12-37-13-11-33)18(3)31-23-8-9-24(30)32-25(23)19-4-6-20(7-5-19)29(35)36/h4-9,14-15,18,31H,10-13H2,1-3H3,(H,35,36)/t18-/m1/s1. The highest BCUT2D eigenvalue weighted by molar-refractivity contribution is 6.29. The van der Waals surface area contributed by atoms with E-state index in [0.29, 0.717) is 65.3 Å². The number of fused-ring (bicyclic) bond motifs is 1. The van der Waals surface area contributed by atoms with Gasteiger partial charge in [-0.1, -0.05) is 29.8 Å². The maximum Gasteiger partial charge on any atom is 0.335 e. The number of aryl methyl sites for hydroxylation is 1. The highest BCUT2D eigenvalue weighted by Gasteiger charge is 2.23. The predicted octanol–water partition coefficient (Wildman–Crippen LogP) is 5.83. The lowest BCUT2D eigenvalue weighted by atomic mass is 9.99. The number of nitrogens with zero attached hydrogens (tertiary/aromatic N) is 2. The molecule has 9 heteroatoms. The Kier molecular flexibility index (Phi) is 7.10. The van der Waals surface area contributed by atoms with Crippen LogP contribution in [0.15, 0.2) is 57.7 Å². The summed E-state index contributed by atoms with van der Waals surface area (Å²) in [6.07, 6.45) is 0. The minimum atomic E-state index is -0.998. The summed E-state index contributed by atoms with van der Waals surface area (Å²) in [5, 5.41) is 13.6. The first-order chi connectivity index (χ1) is 18.2. The van der Waals surface area contributed by atoms with E-state index >= 15 is 0 Å². The van der Waals surface area contributed by atoms with Crippen LogP contribution in [0.4, 0.5) is 11.6 Å². The molecule has 2 aromatic carbocycles. The fourth-order valence-corrected chi connectivity index (χ4v) is 4.95. The van der Waals surface area contributed by atoms with Gasteiger partial charge in [-0.3, -0.25) is 4.79 Å². The van der Waals surface area contributed by atoms with Gasteiger partial charge in [-0.15, -0.1) is 0 Å². The number of carboxylic acid groups (broad SMARTS) is 1. The molecule has 1 aliphatic heterocycles. The molecule has 0 unspecified atom stereocenters. The molecule has 196 valence electrons. The van der Waals surface area contributed by atoms with Crippen LogP contribution in [0, 0.1) is 13.8 Å². The monoisotopic (exact) mass is 533 g/mol. The molecule has 0 radical (unpaired) electrons. The van der Waals surface area contributed by atoms with Gasteiger partial charge in [0.15, 0.2) is 5.43 Å². The number of ether oxygens (including phenoxy) is 1. The van der Waals surface area contributed by atoms with Crippen LogP contribution in [-0.2, 0) is 4.74 Å². The number of rotatable bonds is 6. The van der Waals surface area contributed by atoms with Crippen molar-refractivity contribution in [1.29, 1.82) is 0 Å². The second-order valence-corrected chi connectivity index (χ2v) is 9.86. The van der Waals surface area contributed by atoms with Gasteiger partial charge in [0.2, 0.25) is 5.88 Å². The minimum absolute atomic E-state index is 0.0442. The largest absolute Gasteiger partial charge is 0.478 e. The lowest BCUT2D eigenvalue weighted by molar-refractivity contribution is 0.0697. The second kappa shape index (κ2) is 10.5. The van der Waals surface area contributed by atoms with Crippen molar-refractivity contribution in [2.45, 2.75) is 26.8 Å². The molecule has 1 saturated heterocycles. The van der Waals surface area contributed by atoms with Crippen molar-refractivity contribution in [1.82, 2.24) is 4.98 Å². The van der Waals surface area contributed by atoms with Gasteiger partial charge >= 0.3 is 5.97 Å². The minimum Gasteiger partial charge on any atom is -0.478 e. The molecule has 0 saturated carbocycles. The number of morpholine rings is 1. The molecule has 8 nitrogen and oxygen atoms in total. The molecule has 0 amide bonds. The molecule has 0 spiro atoms. The SMILES string of the molecule is Cc1cc([C@@H](C)Nc2ccc(Cl)nc2-c2ccc(C(=O)O)cc2)c2oc(N3CCOCC3)c(C)c(=O)c2c1. The summed E-state index contributed by atoms with van der Waals surface area (Å²) in [5.74, 6) is -0.419. The van der Waals surface area contributed by atoms with Crippen molar-refractivity contribution in [2.75, 3.05) is 36.5 Å². The van der Waals surface area contributed by atoms with E-state index in [1.807, 2.05) is 32.0 Å². The molecule has 4 aromatic rings. The van der Waals surface area contributed by atoms with Gasteiger partial charge in [0.1, 0.15) is 10.7 Å². The summed E-state index contributed by atoms with van der Waals surface area (Å²) in [4.78, 5) is 31.3. The van der Waals surface area contributed by atoms with Crippen molar-refractivity contribution >= 4 is 40.1 Å². The van der Waals surface area contributed by atoms with Crippen molar-refractivity contribution in [3.63, 3.8) is 0 Å². The molecule has 5 rings (SSSR count). The summed E-state index contributed by atoms with van der Waals surface area (Å²) >= 11 is 6.23. The number of aromatic nitrogens is 1. The Morgan fingerprint density at radius 2 is 1.82 bits per heavy atom. The van der Waals surface area contributed by atoms with E-state index in [-0.39, 0.29) is 17.0 Å². The van der Waals surface area contributed by atoms with Gasteiger partial charge in [-0.2, -0.15) is 0 Å². The third kappa shape index (κ3) is 4.97. The Labute approximate surface area is 224 Å². The first-order valence-electron chi connectivity index (χ1n) is 12.4. The van der Waals surface area contributed by atoms with Crippen LogP contribution in [0.25, 0.3) is 22.2 Å². The number of hydrogen-bond donors (Lipinski definition) is 2. The van der Waals surface area contributed by atoms with Crippen LogP contribution in [0.2, 0.25) is 5.15 Å². The summed E-state index contributed by atoms with van der Waals surface area (Å²) in [7, 11) is 0. The number of anilines is 2. The smallest absolute Gasteiger partial charge is 0.335 e. The molecule has 0 aliphatic carbocycles. The lowest BCUT2D eigenvalue weighted by Crippen LogP contribution is -2.37. The molecule has 2 aromatic heterocycles. The van der Waals surface area contributed by atoms with Crippen LogP contribution in [0.3, 0.4) is 0 Å². The molecular weight excluding hydrogens is 506 g/mol. The zero-order chi connectivity index (χ0) is 27.0. The van der Waals surface area contributed by atoms with Crippen molar-refractivity contribution < 1.29 is 19.1 Å². The Bertz CT molecular complexity index is 1580. The highest BCUT2D eigenvalue weighted by Crippen LogP contribution is 2.34. The summed E-state index contributed by atoms with van der Waals surface area (Å²) in [6, 6.07) is 13.6. The number of aromatic carboxylic acids is 1. The zero-order valence-electron chi connectivity index (χ0n) is 21.4. The molecule has 1 fully saturated rings. The third-order valence-electron chi connectivity index (χ3n) is 6.77. The predicted molar refractivity (Wildman–Crippen MR) is 149 cm³/mol. The first-order valence-corrected chi connectivity index (χ1v) is 12.8. The summed E-state index contributed by atoms with van der Waals surface area (Å²) in [6.45, 7) is 8.24. The summed E-state index contributed by atoms with van der Waals surface area (Å²) < 4.78 is 11.9. The van der Waals surface area contributed by atoms with Crippen LogP contribution in [0.1, 0.15) is 40.0 Å². The molecule has 2 N–H and O–H groups in total. The number of carboxylic acids is 1. The van der Waals surface area contributed by atoms with Crippen molar-refractivity contribution in [3.05, 3.63) is 86.2 Å². The van der Waals surface area contributed by atoms with Gasteiger partial charge < -0.3 is 24.5 Å². The van der Waals surface area contributed by atoms with E-state index in [9.17, 15) is 14.7 Å². The van der Waals surface area contributed by atoms with E-state index in [4.69, 9.17) is 20.8 Å². The zero-order valence-corrected chi connectivity index (χ0v) is 22.1. The van der Waals surface area contributed by atoms with Gasteiger partial charge in [-0.05, 0) is 56.7 Å². The maximum atomic E-state index is 13.4. The molecular formula is C29H28ClN3O5. The number of carbonyl (C=O) groups is 1. The Balaban J connectivity index is 1.57. The molecule has 1 atom stereocenters. The van der Waals surface area contributed by atoms with Crippen molar-refractivity contribution in [2.24, 2.45) is 0 Å². The number of hydrogen-bond acceptors (Lipinski definition) is 7. The molecule has 0 bridgehead atoms. The normalized spacial score (nSPS) is 14.5. The average Bonchev–Trinajstić information content (AvgIpc) is 2.92. The van der Waals surface area contributed by atoms with E-state index < -0.39 is 5.97 Å². The van der Waals surface area contributed by atoms with E-state index in [1.54, 1.807) is 25.1 Å². The summed E-state index contributed by atoms with van der Waals surface area (Å²) in [5.41, 5.74) is 5.08. The van der Waals surface area contributed by atoms with Gasteiger partial charge in [0.05, 0.1) is 47.2 Å². The van der Waals surface area contributed by atoms with E-state index in [1.165, 1.54) is 12.1 Å². The van der Waals surface area contributed by atoms with Crippen LogP contribution in [0.5, 0.6) is 0 Å².